The van der Waals surface area contributed by atoms with Gasteiger partial charge in [-0.2, -0.15) is 0 Å². The third-order valence-electron chi connectivity index (χ3n) is 7.15. The van der Waals surface area contributed by atoms with Gasteiger partial charge in [0.2, 0.25) is 5.91 Å². The fourth-order valence-electron chi connectivity index (χ4n) is 4.98. The quantitative estimate of drug-likeness (QED) is 0.332. The number of amides is 2. The summed E-state index contributed by atoms with van der Waals surface area (Å²) in [5.41, 5.74) is 1.82. The van der Waals surface area contributed by atoms with Crippen LogP contribution in [0.5, 0.6) is 23.0 Å². The van der Waals surface area contributed by atoms with Crippen LogP contribution in [0.4, 0.5) is 0 Å². The van der Waals surface area contributed by atoms with Crippen molar-refractivity contribution in [2.45, 2.75) is 50.7 Å². The first-order valence-electron chi connectivity index (χ1n) is 13.6. The summed E-state index contributed by atoms with van der Waals surface area (Å²) < 4.78 is 22.0. The molecule has 8 heteroatoms. The molecule has 212 valence electrons. The third kappa shape index (κ3) is 7.91. The number of ether oxygens (including phenoxy) is 4. The standard InChI is InChI=1S/C32H38N2O6/c1-37-26-15-9-12-24(16-26)21-34(31(35)22-40-29-19-27(38-2)18-28(20-29)39-3)30(17-23-10-5-4-6-11-23)32(36)33-25-13-7-8-14-25/h4-6,9-12,15-16,18-20,25,30H,7-8,13-14,17,21-22H2,1-3H3,(H,33,36)/t30-/m1/s1. The lowest BCUT2D eigenvalue weighted by atomic mass is 10.0. The number of nitrogens with one attached hydrogen (secondary N) is 1. The molecule has 0 unspecified atom stereocenters. The van der Waals surface area contributed by atoms with E-state index in [9.17, 15) is 9.59 Å². The van der Waals surface area contributed by atoms with Crippen LogP contribution >= 0.6 is 0 Å². The Balaban J connectivity index is 1.63. The summed E-state index contributed by atoms with van der Waals surface area (Å²) in [6, 6.07) is 21.8. The molecule has 0 aliphatic heterocycles. The lowest BCUT2D eigenvalue weighted by Gasteiger charge is -2.32. The molecule has 3 aromatic carbocycles. The molecule has 40 heavy (non-hydrogen) atoms. The van der Waals surface area contributed by atoms with Gasteiger partial charge in [0.1, 0.15) is 29.0 Å². The van der Waals surface area contributed by atoms with Crippen molar-refractivity contribution in [2.75, 3.05) is 27.9 Å². The lowest BCUT2D eigenvalue weighted by Crippen LogP contribution is -2.53. The van der Waals surface area contributed by atoms with E-state index in [0.717, 1.165) is 36.8 Å². The smallest absolute Gasteiger partial charge is 0.261 e. The van der Waals surface area contributed by atoms with Gasteiger partial charge in [-0.1, -0.05) is 55.3 Å². The molecule has 4 rings (SSSR count). The fourth-order valence-corrected chi connectivity index (χ4v) is 4.98. The van der Waals surface area contributed by atoms with E-state index in [1.54, 1.807) is 44.4 Å². The average molecular weight is 547 g/mol. The van der Waals surface area contributed by atoms with Crippen molar-refractivity contribution >= 4 is 11.8 Å². The Morgan fingerprint density at radius 1 is 0.800 bits per heavy atom. The number of rotatable bonds is 13. The molecule has 1 aliphatic rings. The van der Waals surface area contributed by atoms with Crippen LogP contribution < -0.4 is 24.3 Å². The van der Waals surface area contributed by atoms with Crippen LogP contribution in [0.1, 0.15) is 36.8 Å². The molecule has 0 spiro atoms. The Hall–Kier alpha value is -4.20. The van der Waals surface area contributed by atoms with Gasteiger partial charge in [-0.25, -0.2) is 0 Å². The number of hydrogen-bond donors (Lipinski definition) is 1. The van der Waals surface area contributed by atoms with E-state index < -0.39 is 6.04 Å². The first-order valence-corrected chi connectivity index (χ1v) is 13.6. The number of methoxy groups -OCH3 is 3. The molecule has 8 nitrogen and oxygen atoms in total. The molecule has 0 heterocycles. The maximum atomic E-state index is 13.9. The predicted molar refractivity (Wildman–Crippen MR) is 153 cm³/mol. The second-order valence-corrected chi connectivity index (χ2v) is 9.91. The summed E-state index contributed by atoms with van der Waals surface area (Å²) in [4.78, 5) is 29.3. The van der Waals surface area contributed by atoms with E-state index in [-0.39, 0.29) is 31.0 Å². The molecule has 0 bridgehead atoms. The third-order valence-corrected chi connectivity index (χ3v) is 7.15. The van der Waals surface area contributed by atoms with Gasteiger partial charge >= 0.3 is 0 Å². The van der Waals surface area contributed by atoms with Gasteiger partial charge in [-0.15, -0.1) is 0 Å². The van der Waals surface area contributed by atoms with Gasteiger partial charge < -0.3 is 29.2 Å². The Labute approximate surface area is 236 Å². The van der Waals surface area contributed by atoms with Crippen LogP contribution in [0.2, 0.25) is 0 Å². The SMILES string of the molecule is COc1cccc(CN(C(=O)COc2cc(OC)cc(OC)c2)[C@H](Cc2ccccc2)C(=O)NC2CCCC2)c1. The molecule has 0 saturated heterocycles. The highest BCUT2D eigenvalue weighted by molar-refractivity contribution is 5.88. The van der Waals surface area contributed by atoms with E-state index in [2.05, 4.69) is 5.32 Å². The minimum absolute atomic E-state index is 0.125. The highest BCUT2D eigenvalue weighted by atomic mass is 16.5. The number of carbonyl (C=O) groups excluding carboxylic acids is 2. The van der Waals surface area contributed by atoms with Crippen LogP contribution in [0.25, 0.3) is 0 Å². The number of benzene rings is 3. The Bertz CT molecular complexity index is 1240. The second kappa shape index (κ2) is 14.3. The molecule has 3 aromatic rings. The van der Waals surface area contributed by atoms with Gasteiger partial charge in [0.25, 0.3) is 5.91 Å². The Morgan fingerprint density at radius 2 is 1.43 bits per heavy atom. The maximum absolute atomic E-state index is 13.9. The molecular weight excluding hydrogens is 508 g/mol. The first-order chi connectivity index (χ1) is 19.5. The highest BCUT2D eigenvalue weighted by Crippen LogP contribution is 2.28. The maximum Gasteiger partial charge on any atom is 0.261 e. The molecule has 1 saturated carbocycles. The topological polar surface area (TPSA) is 86.3 Å². The zero-order chi connectivity index (χ0) is 28.3. The summed E-state index contributed by atoms with van der Waals surface area (Å²) >= 11 is 0. The number of hydrogen-bond acceptors (Lipinski definition) is 6. The van der Waals surface area contributed by atoms with Gasteiger partial charge in [0, 0.05) is 37.2 Å². The van der Waals surface area contributed by atoms with Gasteiger partial charge in [-0.05, 0) is 36.1 Å². The minimum atomic E-state index is -0.731. The fraction of sp³-hybridized carbons (Fsp3) is 0.375. The normalized spacial score (nSPS) is 13.8. The second-order valence-electron chi connectivity index (χ2n) is 9.91. The molecule has 1 N–H and O–H groups in total. The average Bonchev–Trinajstić information content (AvgIpc) is 3.51. The Morgan fingerprint density at radius 3 is 2.08 bits per heavy atom. The lowest BCUT2D eigenvalue weighted by molar-refractivity contribution is -0.143. The molecule has 0 radical (unpaired) electrons. The van der Waals surface area contributed by atoms with E-state index in [4.69, 9.17) is 18.9 Å². The van der Waals surface area contributed by atoms with Crippen molar-refractivity contribution in [3.05, 3.63) is 83.9 Å². The first kappa shape index (κ1) is 28.8. The van der Waals surface area contributed by atoms with Crippen molar-refractivity contribution in [1.29, 1.82) is 0 Å². The van der Waals surface area contributed by atoms with Gasteiger partial charge in [-0.3, -0.25) is 9.59 Å². The van der Waals surface area contributed by atoms with E-state index in [0.29, 0.717) is 29.4 Å². The number of carbonyl (C=O) groups is 2. The van der Waals surface area contributed by atoms with E-state index in [1.165, 1.54) is 0 Å². The van der Waals surface area contributed by atoms with E-state index in [1.807, 2.05) is 54.6 Å². The molecular formula is C32H38N2O6. The zero-order valence-electron chi connectivity index (χ0n) is 23.4. The van der Waals surface area contributed by atoms with Crippen molar-refractivity contribution in [3.8, 4) is 23.0 Å². The van der Waals surface area contributed by atoms with Crippen molar-refractivity contribution in [2.24, 2.45) is 0 Å². The molecule has 1 aliphatic carbocycles. The summed E-state index contributed by atoms with van der Waals surface area (Å²) in [7, 11) is 4.71. The van der Waals surface area contributed by atoms with E-state index >= 15 is 0 Å². The van der Waals surface area contributed by atoms with Crippen molar-refractivity contribution in [3.63, 3.8) is 0 Å². The van der Waals surface area contributed by atoms with Crippen LogP contribution in [0, 0.1) is 0 Å². The monoisotopic (exact) mass is 546 g/mol. The largest absolute Gasteiger partial charge is 0.497 e. The van der Waals surface area contributed by atoms with Crippen LogP contribution in [0.3, 0.4) is 0 Å². The van der Waals surface area contributed by atoms with Crippen molar-refractivity contribution < 1.29 is 28.5 Å². The summed E-state index contributed by atoms with van der Waals surface area (Å²) in [6.07, 6.45) is 4.47. The molecule has 1 atom stereocenters. The van der Waals surface area contributed by atoms with Crippen LogP contribution in [-0.4, -0.2) is 56.7 Å². The molecule has 0 aromatic heterocycles. The predicted octanol–water partition coefficient (Wildman–Crippen LogP) is 4.79. The zero-order valence-corrected chi connectivity index (χ0v) is 23.4. The van der Waals surface area contributed by atoms with Gasteiger partial charge in [0.15, 0.2) is 6.61 Å². The summed E-state index contributed by atoms with van der Waals surface area (Å²) in [6.45, 7) is -0.0430. The highest BCUT2D eigenvalue weighted by Gasteiger charge is 2.32. The molecule has 2 amide bonds. The summed E-state index contributed by atoms with van der Waals surface area (Å²) in [5, 5.41) is 3.22. The summed E-state index contributed by atoms with van der Waals surface area (Å²) in [5.74, 6) is 1.74. The minimum Gasteiger partial charge on any atom is -0.497 e. The van der Waals surface area contributed by atoms with Crippen LogP contribution in [0.15, 0.2) is 72.8 Å². The van der Waals surface area contributed by atoms with Crippen LogP contribution in [-0.2, 0) is 22.6 Å². The Kier molecular flexibility index (Phi) is 10.3. The van der Waals surface area contributed by atoms with Crippen molar-refractivity contribution in [1.82, 2.24) is 10.2 Å². The van der Waals surface area contributed by atoms with Gasteiger partial charge in [0.05, 0.1) is 21.3 Å². The number of nitrogens with zero attached hydrogens (tertiary/aromatic N) is 1. The molecule has 1 fully saturated rings.